The Morgan fingerprint density at radius 3 is 2.33 bits per heavy atom. The molecule has 5 heteroatoms. The molecule has 5 nitrogen and oxygen atoms in total. The first kappa shape index (κ1) is 18.8. The summed E-state index contributed by atoms with van der Waals surface area (Å²) in [4.78, 5) is 14.7. The lowest BCUT2D eigenvalue weighted by Gasteiger charge is -2.49. The van der Waals surface area contributed by atoms with Crippen molar-refractivity contribution in [1.82, 2.24) is 14.7 Å². The number of fused-ring (bicyclic) bond motifs is 2. The SMILES string of the molecule is C=C1c2c(C)c(=O)cnn2C(C(c2ccccc2)c2ccccc2)C2OCCCN12. The van der Waals surface area contributed by atoms with Gasteiger partial charge in [0.05, 0.1) is 24.2 Å². The van der Waals surface area contributed by atoms with Crippen LogP contribution in [0.2, 0.25) is 0 Å². The Hall–Kier alpha value is -3.18. The molecule has 2 atom stereocenters. The zero-order valence-electron chi connectivity index (χ0n) is 17.1. The third kappa shape index (κ3) is 2.97. The van der Waals surface area contributed by atoms with Gasteiger partial charge in [-0.1, -0.05) is 67.2 Å². The van der Waals surface area contributed by atoms with Gasteiger partial charge < -0.3 is 9.64 Å². The quantitative estimate of drug-likeness (QED) is 0.669. The second kappa shape index (κ2) is 7.58. The van der Waals surface area contributed by atoms with Crippen LogP contribution in [-0.4, -0.2) is 34.1 Å². The van der Waals surface area contributed by atoms with Crippen molar-refractivity contribution in [3.05, 3.63) is 106 Å². The predicted molar refractivity (Wildman–Crippen MR) is 117 cm³/mol. The van der Waals surface area contributed by atoms with Gasteiger partial charge in [-0.05, 0) is 24.5 Å². The fraction of sp³-hybridized carbons (Fsp3) is 0.280. The summed E-state index contributed by atoms with van der Waals surface area (Å²) < 4.78 is 8.32. The van der Waals surface area contributed by atoms with E-state index >= 15 is 0 Å². The van der Waals surface area contributed by atoms with Crippen molar-refractivity contribution >= 4 is 5.70 Å². The molecule has 1 aromatic heterocycles. The molecule has 0 saturated carbocycles. The zero-order valence-corrected chi connectivity index (χ0v) is 17.1. The van der Waals surface area contributed by atoms with E-state index in [1.165, 1.54) is 17.3 Å². The molecule has 0 aliphatic carbocycles. The zero-order chi connectivity index (χ0) is 20.7. The van der Waals surface area contributed by atoms with Gasteiger partial charge in [0, 0.05) is 18.0 Å². The average molecular weight is 399 g/mol. The normalized spacial score (nSPS) is 20.7. The fourth-order valence-electron chi connectivity index (χ4n) is 4.83. The molecule has 2 aliphatic heterocycles. The van der Waals surface area contributed by atoms with E-state index in [-0.39, 0.29) is 23.6 Å². The number of rotatable bonds is 3. The highest BCUT2D eigenvalue weighted by molar-refractivity contribution is 5.63. The van der Waals surface area contributed by atoms with E-state index in [0.29, 0.717) is 12.2 Å². The summed E-state index contributed by atoms with van der Waals surface area (Å²) in [6, 6.07) is 20.8. The van der Waals surface area contributed by atoms with Crippen LogP contribution < -0.4 is 5.43 Å². The molecule has 1 fully saturated rings. The lowest BCUT2D eigenvalue weighted by atomic mass is 9.82. The topological polar surface area (TPSA) is 47.4 Å². The lowest BCUT2D eigenvalue weighted by molar-refractivity contribution is -0.108. The minimum Gasteiger partial charge on any atom is -0.356 e. The number of ether oxygens (including phenoxy) is 1. The molecule has 5 rings (SSSR count). The molecule has 2 aliphatic rings. The lowest BCUT2D eigenvalue weighted by Crippen LogP contribution is -2.53. The van der Waals surface area contributed by atoms with Crippen molar-refractivity contribution in [1.29, 1.82) is 0 Å². The largest absolute Gasteiger partial charge is 0.356 e. The van der Waals surface area contributed by atoms with Crippen LogP contribution in [0, 0.1) is 6.92 Å². The van der Waals surface area contributed by atoms with E-state index in [1.54, 1.807) is 0 Å². The number of hydrogen-bond donors (Lipinski definition) is 0. The molecule has 0 radical (unpaired) electrons. The molecule has 0 N–H and O–H groups in total. The maximum atomic E-state index is 12.4. The summed E-state index contributed by atoms with van der Waals surface area (Å²) >= 11 is 0. The van der Waals surface area contributed by atoms with Crippen molar-refractivity contribution in [3.8, 4) is 0 Å². The van der Waals surface area contributed by atoms with Crippen molar-refractivity contribution in [3.63, 3.8) is 0 Å². The Morgan fingerprint density at radius 2 is 1.70 bits per heavy atom. The van der Waals surface area contributed by atoms with Gasteiger partial charge in [-0.3, -0.25) is 9.48 Å². The Kier molecular flexibility index (Phi) is 4.75. The third-order valence-corrected chi connectivity index (χ3v) is 6.25. The Bertz CT molecular complexity index is 1080. The van der Waals surface area contributed by atoms with Gasteiger partial charge in [0.2, 0.25) is 5.43 Å². The maximum Gasteiger partial charge on any atom is 0.203 e. The molecule has 30 heavy (non-hydrogen) atoms. The molecule has 0 amide bonds. The second-order valence-corrected chi connectivity index (χ2v) is 7.97. The number of benzene rings is 2. The highest BCUT2D eigenvalue weighted by Crippen LogP contribution is 2.45. The molecule has 3 heterocycles. The Balaban J connectivity index is 1.77. The molecule has 2 aromatic carbocycles. The van der Waals surface area contributed by atoms with Crippen molar-refractivity contribution in [2.45, 2.75) is 31.5 Å². The summed E-state index contributed by atoms with van der Waals surface area (Å²) in [7, 11) is 0. The van der Waals surface area contributed by atoms with Crippen LogP contribution in [-0.2, 0) is 4.74 Å². The second-order valence-electron chi connectivity index (χ2n) is 7.97. The number of aromatic nitrogens is 2. The average Bonchev–Trinajstić information content (AvgIpc) is 2.80. The van der Waals surface area contributed by atoms with Gasteiger partial charge in [-0.25, -0.2) is 0 Å². The first-order valence-corrected chi connectivity index (χ1v) is 10.4. The van der Waals surface area contributed by atoms with Crippen LogP contribution in [0.4, 0.5) is 0 Å². The van der Waals surface area contributed by atoms with E-state index in [1.807, 2.05) is 23.7 Å². The summed E-state index contributed by atoms with van der Waals surface area (Å²) in [6.45, 7) is 7.76. The van der Waals surface area contributed by atoms with Crippen LogP contribution in [0.3, 0.4) is 0 Å². The first-order valence-electron chi connectivity index (χ1n) is 10.4. The maximum absolute atomic E-state index is 12.4. The monoisotopic (exact) mass is 399 g/mol. The molecule has 1 saturated heterocycles. The smallest absolute Gasteiger partial charge is 0.203 e. The fourth-order valence-corrected chi connectivity index (χ4v) is 4.83. The van der Waals surface area contributed by atoms with Gasteiger partial charge in [0.1, 0.15) is 6.04 Å². The van der Waals surface area contributed by atoms with Crippen molar-refractivity contribution in [2.75, 3.05) is 13.2 Å². The molecule has 2 unspecified atom stereocenters. The highest BCUT2D eigenvalue weighted by Gasteiger charge is 2.45. The van der Waals surface area contributed by atoms with Crippen LogP contribution in [0.1, 0.15) is 40.8 Å². The van der Waals surface area contributed by atoms with Crippen LogP contribution in [0.15, 0.2) is 78.2 Å². The van der Waals surface area contributed by atoms with E-state index in [9.17, 15) is 4.79 Å². The van der Waals surface area contributed by atoms with Crippen molar-refractivity contribution in [2.24, 2.45) is 0 Å². The van der Waals surface area contributed by atoms with Gasteiger partial charge in [-0.2, -0.15) is 5.10 Å². The molecular weight excluding hydrogens is 374 g/mol. The summed E-state index contributed by atoms with van der Waals surface area (Å²) in [5.74, 6) is 0.0132. The van der Waals surface area contributed by atoms with Crippen LogP contribution >= 0.6 is 0 Å². The summed E-state index contributed by atoms with van der Waals surface area (Å²) in [5.41, 5.74) is 4.64. The Labute approximate surface area is 176 Å². The Morgan fingerprint density at radius 1 is 1.07 bits per heavy atom. The number of hydrogen-bond acceptors (Lipinski definition) is 4. The van der Waals surface area contributed by atoms with E-state index < -0.39 is 0 Å². The minimum atomic E-state index is -0.196. The van der Waals surface area contributed by atoms with E-state index in [0.717, 1.165) is 24.4 Å². The van der Waals surface area contributed by atoms with E-state index in [2.05, 4.69) is 65.1 Å². The van der Waals surface area contributed by atoms with Gasteiger partial charge in [0.25, 0.3) is 0 Å². The van der Waals surface area contributed by atoms with Crippen molar-refractivity contribution < 1.29 is 4.74 Å². The number of nitrogens with zero attached hydrogens (tertiary/aromatic N) is 3. The summed E-state index contributed by atoms with van der Waals surface area (Å²) in [5, 5.41) is 4.61. The van der Waals surface area contributed by atoms with Crippen LogP contribution in [0.5, 0.6) is 0 Å². The highest BCUT2D eigenvalue weighted by atomic mass is 16.5. The van der Waals surface area contributed by atoms with Gasteiger partial charge in [0.15, 0.2) is 6.23 Å². The third-order valence-electron chi connectivity index (χ3n) is 6.25. The molecule has 3 aromatic rings. The van der Waals surface area contributed by atoms with Crippen LogP contribution in [0.25, 0.3) is 5.70 Å². The summed E-state index contributed by atoms with van der Waals surface area (Å²) in [6.07, 6.45) is 2.16. The minimum absolute atomic E-state index is 0.0132. The van der Waals surface area contributed by atoms with E-state index in [4.69, 9.17) is 4.74 Å². The van der Waals surface area contributed by atoms with Gasteiger partial charge in [-0.15, -0.1) is 0 Å². The molecular formula is C25H25N3O2. The standard InChI is InChI=1S/C25H25N3O2/c1-17-21(29)16-26-28-23(17)18(2)27-14-9-15-30-25(27)24(28)22(19-10-5-3-6-11-19)20-12-7-4-8-13-20/h3-8,10-13,16,22,24-25H,2,9,14-15H2,1H3. The van der Waals surface area contributed by atoms with Gasteiger partial charge >= 0.3 is 0 Å². The first-order chi connectivity index (χ1) is 14.7. The molecule has 0 spiro atoms. The molecule has 152 valence electrons. The molecule has 0 bridgehead atoms. The predicted octanol–water partition coefficient (Wildman–Crippen LogP) is 3.96.